The smallest absolute Gasteiger partial charge is 0.163 e. The van der Waals surface area contributed by atoms with Gasteiger partial charge in [0.2, 0.25) is 0 Å². The Kier molecular flexibility index (Phi) is 5.30. The average Bonchev–Trinajstić information content (AvgIpc) is 2.72. The SMILES string of the molecule is CC1CCCN(C(C)CNc2nc(-c3cccnc3)nc3ccccc23)C1. The van der Waals surface area contributed by atoms with Crippen LogP contribution in [0.25, 0.3) is 22.3 Å². The average molecular weight is 361 g/mol. The van der Waals surface area contributed by atoms with E-state index in [0.717, 1.165) is 34.7 Å². The summed E-state index contributed by atoms with van der Waals surface area (Å²) in [4.78, 5) is 16.3. The van der Waals surface area contributed by atoms with Crippen molar-refractivity contribution >= 4 is 16.7 Å². The van der Waals surface area contributed by atoms with Gasteiger partial charge in [-0.05, 0) is 56.5 Å². The maximum absolute atomic E-state index is 4.82. The zero-order chi connectivity index (χ0) is 18.6. The Hall–Kier alpha value is -2.53. The van der Waals surface area contributed by atoms with Crippen molar-refractivity contribution in [3.05, 3.63) is 48.8 Å². The quantitative estimate of drug-likeness (QED) is 0.737. The van der Waals surface area contributed by atoms with Gasteiger partial charge < -0.3 is 5.32 Å². The summed E-state index contributed by atoms with van der Waals surface area (Å²) in [5.41, 5.74) is 1.89. The number of aromatic nitrogens is 3. The summed E-state index contributed by atoms with van der Waals surface area (Å²) in [5, 5.41) is 4.66. The number of pyridine rings is 1. The molecular formula is C22H27N5. The number of rotatable bonds is 5. The maximum atomic E-state index is 4.82. The topological polar surface area (TPSA) is 53.9 Å². The summed E-state index contributed by atoms with van der Waals surface area (Å²) in [5.74, 6) is 2.40. The van der Waals surface area contributed by atoms with Crippen LogP contribution in [0, 0.1) is 5.92 Å². The molecule has 27 heavy (non-hydrogen) atoms. The number of piperidine rings is 1. The number of nitrogens with one attached hydrogen (secondary N) is 1. The van der Waals surface area contributed by atoms with E-state index in [-0.39, 0.29) is 0 Å². The molecule has 1 aliphatic heterocycles. The van der Waals surface area contributed by atoms with Gasteiger partial charge in [-0.3, -0.25) is 9.88 Å². The van der Waals surface area contributed by atoms with Crippen LogP contribution in [0.3, 0.4) is 0 Å². The van der Waals surface area contributed by atoms with Crippen LogP contribution < -0.4 is 5.32 Å². The third kappa shape index (κ3) is 4.08. The first-order valence-electron chi connectivity index (χ1n) is 9.86. The van der Waals surface area contributed by atoms with Gasteiger partial charge in [0.15, 0.2) is 5.82 Å². The third-order valence-corrected chi connectivity index (χ3v) is 5.40. The van der Waals surface area contributed by atoms with Gasteiger partial charge in [-0.15, -0.1) is 0 Å². The predicted molar refractivity (Wildman–Crippen MR) is 111 cm³/mol. The van der Waals surface area contributed by atoms with E-state index in [4.69, 9.17) is 9.97 Å². The van der Waals surface area contributed by atoms with E-state index >= 15 is 0 Å². The number of hydrogen-bond acceptors (Lipinski definition) is 5. The Morgan fingerprint density at radius 1 is 1.19 bits per heavy atom. The molecule has 4 rings (SSSR count). The van der Waals surface area contributed by atoms with E-state index in [1.54, 1.807) is 6.20 Å². The second-order valence-electron chi connectivity index (χ2n) is 7.63. The number of anilines is 1. The number of nitrogens with zero attached hydrogens (tertiary/aromatic N) is 4. The van der Waals surface area contributed by atoms with Crippen LogP contribution >= 0.6 is 0 Å². The third-order valence-electron chi connectivity index (χ3n) is 5.40. The predicted octanol–water partition coefficient (Wildman–Crippen LogP) is 4.22. The lowest BCUT2D eigenvalue weighted by Crippen LogP contribution is -2.43. The highest BCUT2D eigenvalue weighted by molar-refractivity contribution is 5.90. The van der Waals surface area contributed by atoms with Gasteiger partial charge in [-0.1, -0.05) is 19.1 Å². The van der Waals surface area contributed by atoms with Crippen LogP contribution in [0.1, 0.15) is 26.7 Å². The highest BCUT2D eigenvalue weighted by atomic mass is 15.2. The molecule has 140 valence electrons. The zero-order valence-electron chi connectivity index (χ0n) is 16.1. The molecular weight excluding hydrogens is 334 g/mol. The van der Waals surface area contributed by atoms with E-state index in [1.807, 2.05) is 36.5 Å². The maximum Gasteiger partial charge on any atom is 0.163 e. The summed E-state index contributed by atoms with van der Waals surface area (Å²) in [6.07, 6.45) is 6.23. The fraction of sp³-hybridized carbons (Fsp3) is 0.409. The van der Waals surface area contributed by atoms with Crippen LogP contribution in [0.2, 0.25) is 0 Å². The Balaban J connectivity index is 1.58. The van der Waals surface area contributed by atoms with Crippen LogP contribution in [0.15, 0.2) is 48.8 Å². The highest BCUT2D eigenvalue weighted by Crippen LogP contribution is 2.25. The van der Waals surface area contributed by atoms with Crippen molar-refractivity contribution in [1.29, 1.82) is 0 Å². The zero-order valence-corrected chi connectivity index (χ0v) is 16.1. The van der Waals surface area contributed by atoms with E-state index < -0.39 is 0 Å². The van der Waals surface area contributed by atoms with E-state index in [2.05, 4.69) is 35.1 Å². The highest BCUT2D eigenvalue weighted by Gasteiger charge is 2.21. The van der Waals surface area contributed by atoms with Gasteiger partial charge in [-0.2, -0.15) is 0 Å². The van der Waals surface area contributed by atoms with Crippen molar-refractivity contribution in [2.75, 3.05) is 25.0 Å². The summed E-state index contributed by atoms with van der Waals surface area (Å²) in [6.45, 7) is 7.91. The standard InChI is InChI=1S/C22H27N5/c1-16-7-6-12-27(15-16)17(2)13-24-22-19-9-3-4-10-20(19)25-21(26-22)18-8-5-11-23-14-18/h3-5,8-11,14,16-17H,6-7,12-13,15H2,1-2H3,(H,24,25,26). The van der Waals surface area contributed by atoms with E-state index in [9.17, 15) is 0 Å². The van der Waals surface area contributed by atoms with Crippen molar-refractivity contribution < 1.29 is 0 Å². The molecule has 1 aromatic carbocycles. The van der Waals surface area contributed by atoms with Gasteiger partial charge in [0.25, 0.3) is 0 Å². The molecule has 3 aromatic rings. The first kappa shape index (κ1) is 17.9. The lowest BCUT2D eigenvalue weighted by atomic mass is 9.99. The van der Waals surface area contributed by atoms with E-state index in [1.165, 1.54) is 25.9 Å². The summed E-state index contributed by atoms with van der Waals surface area (Å²) >= 11 is 0. The van der Waals surface area contributed by atoms with Crippen molar-refractivity contribution in [1.82, 2.24) is 19.9 Å². The first-order chi connectivity index (χ1) is 13.2. The molecule has 0 saturated carbocycles. The molecule has 0 bridgehead atoms. The minimum absolute atomic E-state index is 0.475. The van der Waals surface area contributed by atoms with Gasteiger partial charge in [0.1, 0.15) is 5.82 Å². The molecule has 1 fully saturated rings. The molecule has 5 nitrogen and oxygen atoms in total. The van der Waals surface area contributed by atoms with Gasteiger partial charge >= 0.3 is 0 Å². The Morgan fingerprint density at radius 3 is 2.89 bits per heavy atom. The molecule has 0 radical (unpaired) electrons. The molecule has 2 unspecified atom stereocenters. The first-order valence-corrected chi connectivity index (χ1v) is 9.86. The monoisotopic (exact) mass is 361 g/mol. The Morgan fingerprint density at radius 2 is 2.07 bits per heavy atom. The molecule has 5 heteroatoms. The molecule has 0 amide bonds. The van der Waals surface area contributed by atoms with Crippen molar-refractivity contribution in [2.45, 2.75) is 32.7 Å². The lowest BCUT2D eigenvalue weighted by molar-refractivity contribution is 0.144. The van der Waals surface area contributed by atoms with E-state index in [0.29, 0.717) is 11.9 Å². The van der Waals surface area contributed by atoms with Gasteiger partial charge in [-0.25, -0.2) is 9.97 Å². The van der Waals surface area contributed by atoms with Crippen molar-refractivity contribution in [2.24, 2.45) is 5.92 Å². The van der Waals surface area contributed by atoms with Crippen LogP contribution in [0.5, 0.6) is 0 Å². The fourth-order valence-electron chi connectivity index (χ4n) is 3.84. The normalized spacial score (nSPS) is 19.1. The second-order valence-corrected chi connectivity index (χ2v) is 7.63. The van der Waals surface area contributed by atoms with Crippen molar-refractivity contribution in [3.8, 4) is 11.4 Å². The number of benzene rings is 1. The molecule has 3 heterocycles. The minimum Gasteiger partial charge on any atom is -0.368 e. The largest absolute Gasteiger partial charge is 0.368 e. The van der Waals surface area contributed by atoms with Crippen molar-refractivity contribution in [3.63, 3.8) is 0 Å². The summed E-state index contributed by atoms with van der Waals surface area (Å²) in [6, 6.07) is 12.6. The van der Waals surface area contributed by atoms with Crippen LogP contribution in [-0.2, 0) is 0 Å². The Labute approximate surface area is 160 Å². The molecule has 1 aliphatic rings. The van der Waals surface area contributed by atoms with Gasteiger partial charge in [0, 0.05) is 42.5 Å². The second kappa shape index (κ2) is 8.01. The molecule has 0 aliphatic carbocycles. The number of likely N-dealkylation sites (tertiary alicyclic amines) is 1. The van der Waals surface area contributed by atoms with Crippen LogP contribution in [-0.4, -0.2) is 45.5 Å². The van der Waals surface area contributed by atoms with Gasteiger partial charge in [0.05, 0.1) is 5.52 Å². The molecule has 1 N–H and O–H groups in total. The lowest BCUT2D eigenvalue weighted by Gasteiger charge is -2.35. The molecule has 0 spiro atoms. The fourth-order valence-corrected chi connectivity index (χ4v) is 3.84. The summed E-state index contributed by atoms with van der Waals surface area (Å²) < 4.78 is 0. The minimum atomic E-state index is 0.475. The number of fused-ring (bicyclic) bond motifs is 1. The molecule has 2 atom stereocenters. The number of hydrogen-bond donors (Lipinski definition) is 1. The molecule has 1 saturated heterocycles. The Bertz CT molecular complexity index is 896. The van der Waals surface area contributed by atoms with Crippen LogP contribution in [0.4, 0.5) is 5.82 Å². The number of para-hydroxylation sites is 1. The summed E-state index contributed by atoms with van der Waals surface area (Å²) in [7, 11) is 0. The molecule has 2 aromatic heterocycles.